The predicted octanol–water partition coefficient (Wildman–Crippen LogP) is 2.45. The maximum absolute atomic E-state index is 12.6. The minimum Gasteiger partial charge on any atom is -0.368 e. The van der Waals surface area contributed by atoms with Gasteiger partial charge in [0.1, 0.15) is 0 Å². The second-order valence-electron chi connectivity index (χ2n) is 7.18. The van der Waals surface area contributed by atoms with Gasteiger partial charge in [0.25, 0.3) is 15.7 Å². The Kier molecular flexibility index (Phi) is 7.07. The Morgan fingerprint density at radius 3 is 2.06 bits per heavy atom. The molecule has 0 atom stereocenters. The minimum absolute atomic E-state index is 0.00458. The van der Waals surface area contributed by atoms with Gasteiger partial charge in [0.15, 0.2) is 0 Å². The van der Waals surface area contributed by atoms with Gasteiger partial charge in [-0.15, -0.1) is 0 Å². The number of alkyl halides is 3. The van der Waals surface area contributed by atoms with E-state index in [1.807, 2.05) is 30.3 Å². The number of piperazine rings is 1. The summed E-state index contributed by atoms with van der Waals surface area (Å²) < 4.78 is 60.5. The zero-order valence-corrected chi connectivity index (χ0v) is 17.8. The number of anilines is 1. The van der Waals surface area contributed by atoms with Gasteiger partial charge in [-0.05, 0) is 36.4 Å². The third kappa shape index (κ3) is 5.39. The quantitative estimate of drug-likeness (QED) is 0.703. The molecule has 0 radical (unpaired) electrons. The molecule has 172 valence electrons. The van der Waals surface area contributed by atoms with Crippen LogP contribution in [0.1, 0.15) is 16.8 Å². The number of nitrogens with zero attached hydrogens (tertiary/aromatic N) is 2. The molecule has 1 fully saturated rings. The van der Waals surface area contributed by atoms with Gasteiger partial charge < -0.3 is 15.1 Å². The van der Waals surface area contributed by atoms with E-state index in [4.69, 9.17) is 0 Å². The van der Waals surface area contributed by atoms with E-state index in [2.05, 4.69) is 10.2 Å². The molecule has 2 aromatic carbocycles. The van der Waals surface area contributed by atoms with Crippen LogP contribution in [0.4, 0.5) is 18.9 Å². The number of rotatable bonds is 6. The molecule has 0 bridgehead atoms. The first-order valence-corrected chi connectivity index (χ1v) is 11.4. The monoisotopic (exact) mass is 469 g/mol. The number of amides is 2. The molecule has 32 heavy (non-hydrogen) atoms. The van der Waals surface area contributed by atoms with Crippen LogP contribution in [-0.2, 0) is 14.6 Å². The van der Waals surface area contributed by atoms with E-state index in [-0.39, 0.29) is 24.4 Å². The fourth-order valence-corrected chi connectivity index (χ4v) is 4.08. The number of para-hydroxylation sites is 1. The van der Waals surface area contributed by atoms with E-state index < -0.39 is 26.1 Å². The Morgan fingerprint density at radius 1 is 0.906 bits per heavy atom. The van der Waals surface area contributed by atoms with Crippen molar-refractivity contribution in [3.63, 3.8) is 0 Å². The van der Waals surface area contributed by atoms with Crippen molar-refractivity contribution in [3.05, 3.63) is 60.2 Å². The normalized spacial score (nSPS) is 14.8. The molecule has 1 aliphatic heterocycles. The summed E-state index contributed by atoms with van der Waals surface area (Å²) in [5.41, 5.74) is -4.32. The summed E-state index contributed by atoms with van der Waals surface area (Å²) in [6, 6.07) is 13.3. The average Bonchev–Trinajstić information content (AvgIpc) is 2.79. The summed E-state index contributed by atoms with van der Waals surface area (Å²) in [4.78, 5) is 27.5. The third-order valence-corrected chi connectivity index (χ3v) is 6.61. The van der Waals surface area contributed by atoms with Gasteiger partial charge in [-0.1, -0.05) is 18.2 Å². The first-order chi connectivity index (χ1) is 15.1. The van der Waals surface area contributed by atoms with Crippen molar-refractivity contribution < 1.29 is 31.2 Å². The van der Waals surface area contributed by atoms with Crippen molar-refractivity contribution >= 4 is 27.3 Å². The van der Waals surface area contributed by atoms with Crippen molar-refractivity contribution in [1.82, 2.24) is 10.2 Å². The van der Waals surface area contributed by atoms with Crippen molar-refractivity contribution in [3.8, 4) is 0 Å². The lowest BCUT2D eigenvalue weighted by Gasteiger charge is -2.36. The third-order valence-electron chi connectivity index (χ3n) is 5.11. The molecular formula is C21H22F3N3O4S. The van der Waals surface area contributed by atoms with Gasteiger partial charge in [0.05, 0.1) is 4.90 Å². The van der Waals surface area contributed by atoms with Crippen LogP contribution in [0.25, 0.3) is 0 Å². The molecule has 11 heteroatoms. The number of nitrogens with one attached hydrogen (secondary N) is 1. The molecule has 1 saturated heterocycles. The van der Waals surface area contributed by atoms with Crippen LogP contribution in [0.3, 0.4) is 0 Å². The van der Waals surface area contributed by atoms with Crippen molar-refractivity contribution in [2.24, 2.45) is 0 Å². The Bertz CT molecular complexity index is 1050. The highest BCUT2D eigenvalue weighted by Gasteiger charge is 2.46. The Labute approximate surface area is 183 Å². The molecule has 1 aliphatic rings. The molecule has 0 unspecified atom stereocenters. The van der Waals surface area contributed by atoms with Gasteiger partial charge in [0.2, 0.25) is 5.91 Å². The lowest BCUT2D eigenvalue weighted by Crippen LogP contribution is -2.49. The molecule has 0 saturated carbocycles. The van der Waals surface area contributed by atoms with Crippen LogP contribution in [0.2, 0.25) is 0 Å². The zero-order valence-electron chi connectivity index (χ0n) is 17.0. The molecule has 3 rings (SSSR count). The highest BCUT2D eigenvalue weighted by atomic mass is 32.2. The maximum Gasteiger partial charge on any atom is 0.501 e. The topological polar surface area (TPSA) is 86.8 Å². The number of hydrogen-bond donors (Lipinski definition) is 1. The van der Waals surface area contributed by atoms with E-state index in [1.165, 1.54) is 0 Å². The molecule has 2 aromatic rings. The first-order valence-electron chi connectivity index (χ1n) is 9.87. The van der Waals surface area contributed by atoms with Crippen molar-refractivity contribution in [2.75, 3.05) is 37.6 Å². The molecule has 7 nitrogen and oxygen atoms in total. The Morgan fingerprint density at radius 2 is 1.50 bits per heavy atom. The number of benzene rings is 2. The SMILES string of the molecule is O=C(NCCC(=O)N1CCN(c2ccccc2)CC1)c1ccc(S(=O)(=O)C(F)(F)F)cc1. The number of halogens is 3. The summed E-state index contributed by atoms with van der Waals surface area (Å²) in [7, 11) is -5.47. The van der Waals surface area contributed by atoms with Crippen molar-refractivity contribution in [1.29, 1.82) is 0 Å². The van der Waals surface area contributed by atoms with Crippen LogP contribution >= 0.6 is 0 Å². The molecule has 1 heterocycles. The fraction of sp³-hybridized carbons (Fsp3) is 0.333. The van der Waals surface area contributed by atoms with Gasteiger partial charge in [-0.3, -0.25) is 9.59 Å². The van der Waals surface area contributed by atoms with Gasteiger partial charge in [-0.2, -0.15) is 13.2 Å². The van der Waals surface area contributed by atoms with Crippen LogP contribution in [-0.4, -0.2) is 63.4 Å². The largest absolute Gasteiger partial charge is 0.501 e. The lowest BCUT2D eigenvalue weighted by molar-refractivity contribution is -0.131. The molecule has 0 spiro atoms. The second kappa shape index (κ2) is 9.60. The molecular weight excluding hydrogens is 447 g/mol. The van der Waals surface area contributed by atoms with Crippen LogP contribution in [0.5, 0.6) is 0 Å². The van der Waals surface area contributed by atoms with Gasteiger partial charge in [0, 0.05) is 50.4 Å². The van der Waals surface area contributed by atoms with E-state index >= 15 is 0 Å². The van der Waals surface area contributed by atoms with Crippen LogP contribution in [0.15, 0.2) is 59.5 Å². The summed E-state index contributed by atoms with van der Waals surface area (Å²) in [6.45, 7) is 2.59. The molecule has 2 amide bonds. The van der Waals surface area contributed by atoms with E-state index in [0.717, 1.165) is 30.0 Å². The van der Waals surface area contributed by atoms with E-state index in [9.17, 15) is 31.2 Å². The number of sulfone groups is 1. The summed E-state index contributed by atoms with van der Waals surface area (Å²) >= 11 is 0. The number of carbonyl (C=O) groups excluding carboxylic acids is 2. The molecule has 0 aliphatic carbocycles. The zero-order chi connectivity index (χ0) is 23.4. The average molecular weight is 469 g/mol. The highest BCUT2D eigenvalue weighted by Crippen LogP contribution is 2.30. The first kappa shape index (κ1) is 23.6. The predicted molar refractivity (Wildman–Crippen MR) is 112 cm³/mol. The highest BCUT2D eigenvalue weighted by molar-refractivity contribution is 7.92. The van der Waals surface area contributed by atoms with Crippen LogP contribution < -0.4 is 10.2 Å². The molecule has 1 N–H and O–H groups in total. The summed E-state index contributed by atoms with van der Waals surface area (Å²) in [5.74, 6) is -0.715. The summed E-state index contributed by atoms with van der Waals surface area (Å²) in [5, 5.41) is 2.52. The number of carbonyl (C=O) groups is 2. The summed E-state index contributed by atoms with van der Waals surface area (Å²) in [6.07, 6.45) is 0.0810. The van der Waals surface area contributed by atoms with E-state index in [1.54, 1.807) is 4.90 Å². The van der Waals surface area contributed by atoms with Crippen LogP contribution in [0, 0.1) is 0 Å². The van der Waals surface area contributed by atoms with E-state index in [0.29, 0.717) is 26.2 Å². The molecule has 0 aromatic heterocycles. The standard InChI is InChI=1S/C21H22F3N3O4S/c22-21(23,24)32(30,31)18-8-6-16(7-9-18)20(29)25-11-10-19(28)27-14-12-26(13-15-27)17-4-2-1-3-5-17/h1-9H,10-15H2,(H,25,29). The van der Waals surface area contributed by atoms with Gasteiger partial charge >= 0.3 is 5.51 Å². The number of hydrogen-bond acceptors (Lipinski definition) is 5. The van der Waals surface area contributed by atoms with Gasteiger partial charge in [-0.25, -0.2) is 8.42 Å². The fourth-order valence-electron chi connectivity index (χ4n) is 3.32. The Balaban J connectivity index is 1.45. The smallest absolute Gasteiger partial charge is 0.368 e. The maximum atomic E-state index is 12.6. The minimum atomic E-state index is -5.47. The second-order valence-corrected chi connectivity index (χ2v) is 9.12. The van der Waals surface area contributed by atoms with Crippen molar-refractivity contribution in [2.45, 2.75) is 16.8 Å². The Hall–Kier alpha value is -3.08. The lowest BCUT2D eigenvalue weighted by atomic mass is 10.2.